The Kier molecular flexibility index (Phi) is 3.85. The van der Waals surface area contributed by atoms with Crippen molar-refractivity contribution in [2.24, 2.45) is 0 Å². The number of aromatic nitrogens is 1. The van der Waals surface area contributed by atoms with Gasteiger partial charge in [0.2, 0.25) is 0 Å². The standard InChI is InChI=1S/C14H16N2O3/c1-9(2)10-4-3-5-11(6-10)15-8-12-7-13(14(17)18)16-19-12/h3-7,9,15H,8H2,1-2H3,(H,17,18). The molecule has 0 amide bonds. The normalized spacial score (nSPS) is 10.7. The molecular formula is C14H16N2O3. The fourth-order valence-corrected chi connectivity index (χ4v) is 1.69. The highest BCUT2D eigenvalue weighted by Gasteiger charge is 2.10. The first kappa shape index (κ1) is 13.1. The molecule has 19 heavy (non-hydrogen) atoms. The summed E-state index contributed by atoms with van der Waals surface area (Å²) in [7, 11) is 0. The predicted molar refractivity (Wildman–Crippen MR) is 71.3 cm³/mol. The van der Waals surface area contributed by atoms with Crippen molar-refractivity contribution in [2.75, 3.05) is 5.32 Å². The van der Waals surface area contributed by atoms with Crippen LogP contribution in [0.2, 0.25) is 0 Å². The van der Waals surface area contributed by atoms with Gasteiger partial charge in [-0.25, -0.2) is 4.79 Å². The summed E-state index contributed by atoms with van der Waals surface area (Å²) in [5.74, 6) is -0.130. The van der Waals surface area contributed by atoms with Gasteiger partial charge in [-0.05, 0) is 23.6 Å². The first-order valence-electron chi connectivity index (χ1n) is 6.09. The summed E-state index contributed by atoms with van der Waals surface area (Å²) in [4.78, 5) is 10.7. The number of hydrogen-bond donors (Lipinski definition) is 2. The quantitative estimate of drug-likeness (QED) is 0.863. The minimum atomic E-state index is -1.09. The third kappa shape index (κ3) is 3.34. The van der Waals surface area contributed by atoms with Crippen molar-refractivity contribution in [3.63, 3.8) is 0 Å². The molecule has 1 aromatic carbocycles. The van der Waals surface area contributed by atoms with Crippen LogP contribution in [-0.2, 0) is 6.54 Å². The largest absolute Gasteiger partial charge is 0.476 e. The predicted octanol–water partition coefficient (Wildman–Crippen LogP) is 3.11. The van der Waals surface area contributed by atoms with Crippen LogP contribution in [0, 0.1) is 0 Å². The highest BCUT2D eigenvalue weighted by molar-refractivity contribution is 5.85. The molecule has 0 aliphatic heterocycles. The number of aromatic carboxylic acids is 1. The number of nitrogens with zero attached hydrogens (tertiary/aromatic N) is 1. The van der Waals surface area contributed by atoms with Crippen molar-refractivity contribution >= 4 is 11.7 Å². The molecule has 0 saturated heterocycles. The molecule has 1 aromatic heterocycles. The Morgan fingerprint density at radius 3 is 2.84 bits per heavy atom. The van der Waals surface area contributed by atoms with E-state index in [1.807, 2.05) is 12.1 Å². The number of anilines is 1. The maximum Gasteiger partial charge on any atom is 0.358 e. The monoisotopic (exact) mass is 260 g/mol. The number of carboxylic acid groups (broad SMARTS) is 1. The van der Waals surface area contributed by atoms with Gasteiger partial charge in [0.15, 0.2) is 11.5 Å². The van der Waals surface area contributed by atoms with Crippen LogP contribution >= 0.6 is 0 Å². The fraction of sp³-hybridized carbons (Fsp3) is 0.286. The maximum absolute atomic E-state index is 10.7. The van der Waals surface area contributed by atoms with Crippen LogP contribution in [0.15, 0.2) is 34.9 Å². The lowest BCUT2D eigenvalue weighted by atomic mass is 10.0. The summed E-state index contributed by atoms with van der Waals surface area (Å²) in [5.41, 5.74) is 2.14. The molecule has 1 heterocycles. The molecule has 0 aliphatic carbocycles. The zero-order valence-electron chi connectivity index (χ0n) is 10.9. The van der Waals surface area contributed by atoms with Gasteiger partial charge in [-0.2, -0.15) is 0 Å². The molecule has 0 spiro atoms. The number of benzene rings is 1. The molecule has 5 heteroatoms. The lowest BCUT2D eigenvalue weighted by Gasteiger charge is -2.09. The second kappa shape index (κ2) is 5.56. The second-order valence-electron chi connectivity index (χ2n) is 4.62. The molecule has 0 fully saturated rings. The molecular weight excluding hydrogens is 244 g/mol. The SMILES string of the molecule is CC(C)c1cccc(NCc2cc(C(=O)O)no2)c1. The van der Waals surface area contributed by atoms with E-state index in [4.69, 9.17) is 9.63 Å². The van der Waals surface area contributed by atoms with Crippen LogP contribution in [-0.4, -0.2) is 16.2 Å². The van der Waals surface area contributed by atoms with Crippen molar-refractivity contribution in [2.45, 2.75) is 26.3 Å². The minimum Gasteiger partial charge on any atom is -0.476 e. The van der Waals surface area contributed by atoms with E-state index in [1.54, 1.807) is 0 Å². The van der Waals surface area contributed by atoms with Crippen LogP contribution in [0.4, 0.5) is 5.69 Å². The molecule has 0 radical (unpaired) electrons. The Bertz CT molecular complexity index is 576. The van der Waals surface area contributed by atoms with Gasteiger partial charge in [0.25, 0.3) is 0 Å². The van der Waals surface area contributed by atoms with Crippen LogP contribution < -0.4 is 5.32 Å². The van der Waals surface area contributed by atoms with Crippen LogP contribution in [0.5, 0.6) is 0 Å². The van der Waals surface area contributed by atoms with Gasteiger partial charge < -0.3 is 14.9 Å². The molecule has 0 bridgehead atoms. The number of rotatable bonds is 5. The second-order valence-corrected chi connectivity index (χ2v) is 4.62. The van der Waals surface area contributed by atoms with Gasteiger partial charge in [-0.3, -0.25) is 0 Å². The topological polar surface area (TPSA) is 75.4 Å². The van der Waals surface area contributed by atoms with Gasteiger partial charge in [0.05, 0.1) is 6.54 Å². The van der Waals surface area contributed by atoms with Crippen molar-refractivity contribution in [3.05, 3.63) is 47.3 Å². The van der Waals surface area contributed by atoms with Crippen molar-refractivity contribution in [3.8, 4) is 0 Å². The highest BCUT2D eigenvalue weighted by Crippen LogP contribution is 2.19. The minimum absolute atomic E-state index is 0.0762. The Hall–Kier alpha value is -2.30. The molecule has 2 aromatic rings. The van der Waals surface area contributed by atoms with E-state index >= 15 is 0 Å². The summed E-state index contributed by atoms with van der Waals surface area (Å²) < 4.78 is 4.93. The molecule has 0 atom stereocenters. The third-order valence-corrected chi connectivity index (χ3v) is 2.80. The average molecular weight is 260 g/mol. The summed E-state index contributed by atoms with van der Waals surface area (Å²) in [6.45, 7) is 4.67. The smallest absolute Gasteiger partial charge is 0.358 e. The number of carbonyl (C=O) groups is 1. The van der Waals surface area contributed by atoms with Gasteiger partial charge in [-0.1, -0.05) is 31.1 Å². The Morgan fingerprint density at radius 2 is 2.21 bits per heavy atom. The molecule has 2 rings (SSSR count). The molecule has 2 N–H and O–H groups in total. The first-order valence-corrected chi connectivity index (χ1v) is 6.09. The fourth-order valence-electron chi connectivity index (χ4n) is 1.69. The summed E-state index contributed by atoms with van der Waals surface area (Å²) in [6, 6.07) is 9.51. The average Bonchev–Trinajstić information content (AvgIpc) is 2.85. The van der Waals surface area contributed by atoms with Crippen LogP contribution in [0.25, 0.3) is 0 Å². The highest BCUT2D eigenvalue weighted by atomic mass is 16.5. The third-order valence-electron chi connectivity index (χ3n) is 2.80. The van der Waals surface area contributed by atoms with Gasteiger partial charge in [0, 0.05) is 11.8 Å². The van der Waals surface area contributed by atoms with E-state index in [0.29, 0.717) is 18.2 Å². The lowest BCUT2D eigenvalue weighted by molar-refractivity contribution is 0.0685. The number of nitrogens with one attached hydrogen (secondary N) is 1. The van der Waals surface area contributed by atoms with Crippen LogP contribution in [0.1, 0.15) is 41.6 Å². The van der Waals surface area contributed by atoms with E-state index in [2.05, 4.69) is 36.5 Å². The van der Waals surface area contributed by atoms with E-state index in [0.717, 1.165) is 5.69 Å². The molecule has 0 unspecified atom stereocenters. The van der Waals surface area contributed by atoms with Crippen molar-refractivity contribution in [1.82, 2.24) is 5.16 Å². The van der Waals surface area contributed by atoms with E-state index < -0.39 is 5.97 Å². The van der Waals surface area contributed by atoms with Crippen molar-refractivity contribution in [1.29, 1.82) is 0 Å². The van der Waals surface area contributed by atoms with Gasteiger partial charge in [-0.15, -0.1) is 0 Å². The van der Waals surface area contributed by atoms with E-state index in [-0.39, 0.29) is 5.69 Å². The van der Waals surface area contributed by atoms with Crippen LogP contribution in [0.3, 0.4) is 0 Å². The molecule has 100 valence electrons. The Morgan fingerprint density at radius 1 is 1.42 bits per heavy atom. The summed E-state index contributed by atoms with van der Waals surface area (Å²) in [6.07, 6.45) is 0. The molecule has 0 saturated carbocycles. The molecule has 5 nitrogen and oxygen atoms in total. The van der Waals surface area contributed by atoms with E-state index in [1.165, 1.54) is 11.6 Å². The summed E-state index contributed by atoms with van der Waals surface area (Å²) >= 11 is 0. The van der Waals surface area contributed by atoms with Gasteiger partial charge >= 0.3 is 5.97 Å². The Balaban J connectivity index is 2.01. The first-order chi connectivity index (χ1) is 9.06. The Labute approximate surface area is 111 Å². The summed E-state index contributed by atoms with van der Waals surface area (Å²) in [5, 5.41) is 15.4. The zero-order chi connectivity index (χ0) is 13.8. The number of hydrogen-bond acceptors (Lipinski definition) is 4. The zero-order valence-corrected chi connectivity index (χ0v) is 10.9. The number of carboxylic acids is 1. The van der Waals surface area contributed by atoms with E-state index in [9.17, 15) is 4.79 Å². The van der Waals surface area contributed by atoms with Crippen molar-refractivity contribution < 1.29 is 14.4 Å². The maximum atomic E-state index is 10.7. The lowest BCUT2D eigenvalue weighted by Crippen LogP contribution is -1.99. The van der Waals surface area contributed by atoms with Gasteiger partial charge in [0.1, 0.15) is 0 Å². The molecule has 0 aliphatic rings.